The Morgan fingerprint density at radius 2 is 2.15 bits per heavy atom. The molecule has 1 aromatic heterocycles. The molecule has 0 aliphatic rings. The highest BCUT2D eigenvalue weighted by Gasteiger charge is 2.06. The van der Waals surface area contributed by atoms with Crippen LogP contribution in [0.5, 0.6) is 0 Å². The lowest BCUT2D eigenvalue weighted by Gasteiger charge is -2.11. The van der Waals surface area contributed by atoms with E-state index in [2.05, 4.69) is 41.1 Å². The standard InChI is InChI=1S/C15H14ClN3S/c1-4-8-20-15-18-13(16)9-14(19-15)17-12-7-5-6-10(2)11(12)3/h1,5-7,9H,8H2,2-3H3,(H,17,18,19). The number of benzene rings is 1. The van der Waals surface area contributed by atoms with Crippen molar-refractivity contribution in [2.75, 3.05) is 11.1 Å². The molecule has 0 fully saturated rings. The minimum atomic E-state index is 0.396. The van der Waals surface area contributed by atoms with E-state index >= 15 is 0 Å². The number of rotatable bonds is 4. The minimum absolute atomic E-state index is 0.396. The maximum Gasteiger partial charge on any atom is 0.191 e. The van der Waals surface area contributed by atoms with E-state index in [4.69, 9.17) is 18.0 Å². The highest BCUT2D eigenvalue weighted by atomic mass is 35.5. The van der Waals surface area contributed by atoms with E-state index < -0.39 is 0 Å². The third-order valence-corrected chi connectivity index (χ3v) is 3.77. The third kappa shape index (κ3) is 3.66. The zero-order chi connectivity index (χ0) is 14.5. The lowest BCUT2D eigenvalue weighted by atomic mass is 10.1. The van der Waals surface area contributed by atoms with E-state index in [1.54, 1.807) is 6.07 Å². The molecular formula is C15H14ClN3S. The molecule has 0 atom stereocenters. The van der Waals surface area contributed by atoms with Crippen LogP contribution in [0.25, 0.3) is 0 Å². The van der Waals surface area contributed by atoms with Gasteiger partial charge in [-0.05, 0) is 31.0 Å². The molecule has 102 valence electrons. The van der Waals surface area contributed by atoms with Gasteiger partial charge in [0.25, 0.3) is 0 Å². The summed E-state index contributed by atoms with van der Waals surface area (Å²) in [7, 11) is 0. The summed E-state index contributed by atoms with van der Waals surface area (Å²) in [5.41, 5.74) is 3.41. The molecule has 20 heavy (non-hydrogen) atoms. The predicted molar refractivity (Wildman–Crippen MR) is 85.8 cm³/mol. The molecule has 0 saturated carbocycles. The number of anilines is 2. The van der Waals surface area contributed by atoms with Gasteiger partial charge in [-0.1, -0.05) is 41.4 Å². The number of nitrogens with one attached hydrogen (secondary N) is 1. The van der Waals surface area contributed by atoms with Crippen molar-refractivity contribution in [1.29, 1.82) is 0 Å². The summed E-state index contributed by atoms with van der Waals surface area (Å²) >= 11 is 7.39. The monoisotopic (exact) mass is 303 g/mol. The van der Waals surface area contributed by atoms with Gasteiger partial charge >= 0.3 is 0 Å². The van der Waals surface area contributed by atoms with Crippen LogP contribution >= 0.6 is 23.4 Å². The van der Waals surface area contributed by atoms with Gasteiger partial charge in [-0.25, -0.2) is 9.97 Å². The quantitative estimate of drug-likeness (QED) is 0.397. The van der Waals surface area contributed by atoms with Gasteiger partial charge in [0.2, 0.25) is 0 Å². The van der Waals surface area contributed by atoms with Crippen molar-refractivity contribution < 1.29 is 0 Å². The normalized spacial score (nSPS) is 10.1. The number of thioether (sulfide) groups is 1. The highest BCUT2D eigenvalue weighted by molar-refractivity contribution is 7.99. The van der Waals surface area contributed by atoms with Gasteiger partial charge in [-0.15, -0.1) is 6.42 Å². The smallest absolute Gasteiger partial charge is 0.191 e. The summed E-state index contributed by atoms with van der Waals surface area (Å²) in [5, 5.41) is 4.24. The molecule has 2 aromatic rings. The number of terminal acetylenes is 1. The van der Waals surface area contributed by atoms with Gasteiger partial charge in [0, 0.05) is 11.8 Å². The summed E-state index contributed by atoms with van der Waals surface area (Å²) in [6, 6.07) is 7.78. The lowest BCUT2D eigenvalue weighted by Crippen LogP contribution is -1.99. The van der Waals surface area contributed by atoms with Crippen molar-refractivity contribution in [1.82, 2.24) is 9.97 Å². The van der Waals surface area contributed by atoms with Crippen LogP contribution in [0.4, 0.5) is 11.5 Å². The highest BCUT2D eigenvalue weighted by Crippen LogP contribution is 2.24. The molecule has 0 unspecified atom stereocenters. The van der Waals surface area contributed by atoms with Crippen LogP contribution in [-0.4, -0.2) is 15.7 Å². The van der Waals surface area contributed by atoms with Crippen LogP contribution < -0.4 is 5.32 Å². The molecule has 0 amide bonds. The number of hydrogen-bond acceptors (Lipinski definition) is 4. The van der Waals surface area contributed by atoms with Gasteiger partial charge in [0.05, 0.1) is 5.75 Å². The van der Waals surface area contributed by atoms with E-state index in [1.807, 2.05) is 12.1 Å². The van der Waals surface area contributed by atoms with Gasteiger partial charge in [0.1, 0.15) is 11.0 Å². The average molecular weight is 304 g/mol. The van der Waals surface area contributed by atoms with Crippen molar-refractivity contribution in [3.05, 3.63) is 40.5 Å². The van der Waals surface area contributed by atoms with Gasteiger partial charge in [-0.3, -0.25) is 0 Å². The first-order valence-electron chi connectivity index (χ1n) is 6.04. The van der Waals surface area contributed by atoms with E-state index in [9.17, 15) is 0 Å². The van der Waals surface area contributed by atoms with E-state index in [0.717, 1.165) is 5.69 Å². The molecule has 0 spiro atoms. The van der Waals surface area contributed by atoms with E-state index in [1.165, 1.54) is 22.9 Å². The molecule has 5 heteroatoms. The maximum atomic E-state index is 6.01. The first-order valence-corrected chi connectivity index (χ1v) is 7.40. The molecule has 0 bridgehead atoms. The Balaban J connectivity index is 2.27. The molecule has 0 aliphatic carbocycles. The summed E-state index contributed by atoms with van der Waals surface area (Å²) in [6.45, 7) is 4.14. The molecule has 1 heterocycles. The SMILES string of the molecule is C#CCSc1nc(Cl)cc(Nc2cccc(C)c2C)n1. The number of halogens is 1. The summed E-state index contributed by atoms with van der Waals surface area (Å²) in [6.07, 6.45) is 5.24. The third-order valence-electron chi connectivity index (χ3n) is 2.83. The Morgan fingerprint density at radius 3 is 2.90 bits per heavy atom. The fourth-order valence-corrected chi connectivity index (χ4v) is 2.43. The van der Waals surface area contributed by atoms with Crippen molar-refractivity contribution in [3.8, 4) is 12.3 Å². The number of aromatic nitrogens is 2. The maximum absolute atomic E-state index is 6.01. The van der Waals surface area contributed by atoms with E-state index in [0.29, 0.717) is 21.9 Å². The minimum Gasteiger partial charge on any atom is -0.340 e. The average Bonchev–Trinajstić information content (AvgIpc) is 2.41. The summed E-state index contributed by atoms with van der Waals surface area (Å²) < 4.78 is 0. The Kier molecular flexibility index (Phi) is 4.89. The molecule has 0 saturated heterocycles. The number of hydrogen-bond donors (Lipinski definition) is 1. The zero-order valence-corrected chi connectivity index (χ0v) is 12.8. The van der Waals surface area contributed by atoms with Gasteiger partial charge < -0.3 is 5.32 Å². The van der Waals surface area contributed by atoms with Crippen LogP contribution in [0.2, 0.25) is 5.15 Å². The largest absolute Gasteiger partial charge is 0.340 e. The van der Waals surface area contributed by atoms with Crippen molar-refractivity contribution in [2.24, 2.45) is 0 Å². The topological polar surface area (TPSA) is 37.8 Å². The zero-order valence-electron chi connectivity index (χ0n) is 11.3. The van der Waals surface area contributed by atoms with Crippen LogP contribution in [0.15, 0.2) is 29.4 Å². The van der Waals surface area contributed by atoms with Gasteiger partial charge in [0.15, 0.2) is 5.16 Å². The Morgan fingerprint density at radius 1 is 1.35 bits per heavy atom. The molecule has 2 rings (SSSR count). The first kappa shape index (κ1) is 14.7. The number of aryl methyl sites for hydroxylation is 1. The van der Waals surface area contributed by atoms with Crippen molar-refractivity contribution in [3.63, 3.8) is 0 Å². The second kappa shape index (κ2) is 6.65. The van der Waals surface area contributed by atoms with E-state index in [-0.39, 0.29) is 0 Å². The van der Waals surface area contributed by atoms with Gasteiger partial charge in [-0.2, -0.15) is 0 Å². The predicted octanol–water partition coefficient (Wildman–Crippen LogP) is 4.22. The molecule has 1 N–H and O–H groups in total. The molecule has 3 nitrogen and oxygen atoms in total. The second-order valence-electron chi connectivity index (χ2n) is 4.22. The summed E-state index contributed by atoms with van der Waals surface area (Å²) in [4.78, 5) is 8.53. The Hall–Kier alpha value is -1.70. The summed E-state index contributed by atoms with van der Waals surface area (Å²) in [5.74, 6) is 3.72. The van der Waals surface area contributed by atoms with Crippen molar-refractivity contribution in [2.45, 2.75) is 19.0 Å². The Bertz CT molecular complexity index is 665. The number of nitrogens with zero attached hydrogens (tertiary/aromatic N) is 2. The van der Waals surface area contributed by atoms with Crippen LogP contribution in [0.3, 0.4) is 0 Å². The molecular weight excluding hydrogens is 290 g/mol. The van der Waals surface area contributed by atoms with Crippen molar-refractivity contribution >= 4 is 34.9 Å². The molecule has 0 aliphatic heterocycles. The Labute approximate surface area is 128 Å². The first-order chi connectivity index (χ1) is 9.60. The van der Waals surface area contributed by atoms with Crippen LogP contribution in [0, 0.1) is 26.2 Å². The molecule has 1 aromatic carbocycles. The van der Waals surface area contributed by atoms with Crippen LogP contribution in [0.1, 0.15) is 11.1 Å². The second-order valence-corrected chi connectivity index (χ2v) is 5.55. The van der Waals surface area contributed by atoms with Crippen LogP contribution in [-0.2, 0) is 0 Å². The molecule has 0 radical (unpaired) electrons. The fourth-order valence-electron chi connectivity index (χ4n) is 1.66. The fraction of sp³-hybridized carbons (Fsp3) is 0.200. The lowest BCUT2D eigenvalue weighted by molar-refractivity contribution is 0.974.